The van der Waals surface area contributed by atoms with Crippen molar-refractivity contribution >= 4 is 11.9 Å². The van der Waals surface area contributed by atoms with Crippen LogP contribution in [0.4, 0.5) is 0 Å². The molecule has 1 aromatic rings. The van der Waals surface area contributed by atoms with Crippen molar-refractivity contribution in [2.75, 3.05) is 0 Å². The fourth-order valence-electron chi connectivity index (χ4n) is 3.68. The molecule has 0 bridgehead atoms. The molecule has 4 heteroatoms. The standard InChI is InChI=1S/C17H21NO3/c1-10(6-9-14(19)20)18-17(21)16-13-8-7-11-4-2-3-5-12(11)15(13)16/h2-5,10,13,15-16H,6-9H2,1H3,(H,18,21)(H,19,20). The number of aliphatic carboxylic acids is 1. The van der Waals surface area contributed by atoms with Gasteiger partial charge in [0.25, 0.3) is 0 Å². The summed E-state index contributed by atoms with van der Waals surface area (Å²) in [5, 5.41) is 11.7. The van der Waals surface area contributed by atoms with Gasteiger partial charge in [0, 0.05) is 18.4 Å². The zero-order valence-electron chi connectivity index (χ0n) is 12.2. The van der Waals surface area contributed by atoms with E-state index in [1.165, 1.54) is 11.1 Å². The van der Waals surface area contributed by atoms with Gasteiger partial charge >= 0.3 is 5.97 Å². The van der Waals surface area contributed by atoms with Crippen LogP contribution in [0.1, 0.15) is 43.2 Å². The van der Waals surface area contributed by atoms with Gasteiger partial charge in [-0.25, -0.2) is 0 Å². The van der Waals surface area contributed by atoms with Gasteiger partial charge in [0.15, 0.2) is 0 Å². The van der Waals surface area contributed by atoms with Gasteiger partial charge < -0.3 is 10.4 Å². The largest absolute Gasteiger partial charge is 0.481 e. The van der Waals surface area contributed by atoms with E-state index in [9.17, 15) is 9.59 Å². The molecular formula is C17H21NO3. The molecule has 1 saturated carbocycles. The topological polar surface area (TPSA) is 66.4 Å². The number of hydrogen-bond donors (Lipinski definition) is 2. The Morgan fingerprint density at radius 1 is 1.38 bits per heavy atom. The maximum absolute atomic E-state index is 12.4. The number of aryl methyl sites for hydroxylation is 1. The lowest BCUT2D eigenvalue weighted by Gasteiger charge is -2.13. The molecule has 4 nitrogen and oxygen atoms in total. The Balaban J connectivity index is 1.60. The first-order valence-electron chi connectivity index (χ1n) is 7.68. The SMILES string of the molecule is CC(CCC(=O)O)NC(=O)C1C2CCc3ccccc3C21. The van der Waals surface area contributed by atoms with Crippen LogP contribution in [-0.4, -0.2) is 23.0 Å². The molecule has 2 aliphatic carbocycles. The lowest BCUT2D eigenvalue weighted by Crippen LogP contribution is -2.34. The Labute approximate surface area is 124 Å². The zero-order chi connectivity index (χ0) is 15.0. The second-order valence-corrected chi connectivity index (χ2v) is 6.29. The predicted octanol–water partition coefficient (Wildman–Crippen LogP) is 2.33. The van der Waals surface area contributed by atoms with Crippen molar-refractivity contribution in [1.29, 1.82) is 0 Å². The third-order valence-corrected chi connectivity index (χ3v) is 4.81. The van der Waals surface area contributed by atoms with Crippen LogP contribution in [0, 0.1) is 11.8 Å². The smallest absolute Gasteiger partial charge is 0.303 e. The minimum absolute atomic E-state index is 0.0773. The van der Waals surface area contributed by atoms with Gasteiger partial charge in [-0.1, -0.05) is 24.3 Å². The third-order valence-electron chi connectivity index (χ3n) is 4.81. The van der Waals surface area contributed by atoms with E-state index in [1.54, 1.807) is 0 Å². The first kappa shape index (κ1) is 14.1. The van der Waals surface area contributed by atoms with E-state index in [2.05, 4.69) is 23.5 Å². The third kappa shape index (κ3) is 2.80. The van der Waals surface area contributed by atoms with Crippen molar-refractivity contribution in [2.24, 2.45) is 11.8 Å². The van der Waals surface area contributed by atoms with Gasteiger partial charge in [-0.15, -0.1) is 0 Å². The second kappa shape index (κ2) is 5.51. The summed E-state index contributed by atoms with van der Waals surface area (Å²) in [5.74, 6) is 0.221. The molecule has 0 aliphatic heterocycles. The monoisotopic (exact) mass is 287 g/mol. The van der Waals surface area contributed by atoms with Crippen LogP contribution >= 0.6 is 0 Å². The molecule has 112 valence electrons. The number of hydrogen-bond acceptors (Lipinski definition) is 2. The second-order valence-electron chi connectivity index (χ2n) is 6.29. The van der Waals surface area contributed by atoms with Crippen molar-refractivity contribution in [3.8, 4) is 0 Å². The van der Waals surface area contributed by atoms with Crippen LogP contribution < -0.4 is 5.32 Å². The van der Waals surface area contributed by atoms with Gasteiger partial charge in [-0.05, 0) is 49.1 Å². The maximum Gasteiger partial charge on any atom is 0.303 e. The Kier molecular flexibility index (Phi) is 3.70. The number of benzene rings is 1. The summed E-state index contributed by atoms with van der Waals surface area (Å²) < 4.78 is 0. The molecule has 1 amide bonds. The number of rotatable bonds is 5. The molecule has 0 aromatic heterocycles. The van der Waals surface area contributed by atoms with Crippen molar-refractivity contribution in [3.63, 3.8) is 0 Å². The number of carbonyl (C=O) groups is 2. The van der Waals surface area contributed by atoms with Crippen LogP contribution in [0.15, 0.2) is 24.3 Å². The highest BCUT2D eigenvalue weighted by Crippen LogP contribution is 2.59. The first-order valence-corrected chi connectivity index (χ1v) is 7.68. The fourth-order valence-corrected chi connectivity index (χ4v) is 3.68. The molecule has 2 N–H and O–H groups in total. The van der Waals surface area contributed by atoms with E-state index >= 15 is 0 Å². The Morgan fingerprint density at radius 2 is 2.14 bits per heavy atom. The molecule has 2 aliphatic rings. The Bertz CT molecular complexity index is 569. The summed E-state index contributed by atoms with van der Waals surface area (Å²) in [6.07, 6.45) is 2.74. The van der Waals surface area contributed by atoms with Crippen molar-refractivity contribution in [1.82, 2.24) is 5.32 Å². The molecule has 0 spiro atoms. The van der Waals surface area contributed by atoms with Crippen molar-refractivity contribution < 1.29 is 14.7 Å². The minimum atomic E-state index is -0.815. The van der Waals surface area contributed by atoms with Gasteiger partial charge in [-0.2, -0.15) is 0 Å². The molecule has 4 unspecified atom stereocenters. The molecule has 1 aromatic carbocycles. The molecule has 0 heterocycles. The lowest BCUT2D eigenvalue weighted by atomic mass is 9.92. The van der Waals surface area contributed by atoms with E-state index in [-0.39, 0.29) is 24.3 Å². The summed E-state index contributed by atoms with van der Waals surface area (Å²) in [7, 11) is 0. The van der Waals surface area contributed by atoms with Crippen molar-refractivity contribution in [3.05, 3.63) is 35.4 Å². The first-order chi connectivity index (χ1) is 10.1. The number of amides is 1. The zero-order valence-corrected chi connectivity index (χ0v) is 12.2. The molecule has 21 heavy (non-hydrogen) atoms. The van der Waals surface area contributed by atoms with E-state index < -0.39 is 5.97 Å². The number of carboxylic acid groups (broad SMARTS) is 1. The molecule has 1 fully saturated rings. The van der Waals surface area contributed by atoms with E-state index in [1.807, 2.05) is 13.0 Å². The summed E-state index contributed by atoms with van der Waals surface area (Å²) in [6, 6.07) is 8.34. The predicted molar refractivity (Wildman–Crippen MR) is 79.0 cm³/mol. The van der Waals surface area contributed by atoms with Gasteiger partial charge in [0.1, 0.15) is 0 Å². The highest BCUT2D eigenvalue weighted by molar-refractivity contribution is 5.84. The average molecular weight is 287 g/mol. The van der Waals surface area contributed by atoms with Gasteiger partial charge in [-0.3, -0.25) is 9.59 Å². The number of fused-ring (bicyclic) bond motifs is 3. The van der Waals surface area contributed by atoms with E-state index in [0.29, 0.717) is 18.3 Å². The maximum atomic E-state index is 12.4. The van der Waals surface area contributed by atoms with Gasteiger partial charge in [0.2, 0.25) is 5.91 Å². The van der Waals surface area contributed by atoms with Crippen molar-refractivity contribution in [2.45, 2.75) is 44.6 Å². The quantitative estimate of drug-likeness (QED) is 0.873. The highest BCUT2D eigenvalue weighted by atomic mass is 16.4. The molecular weight excluding hydrogens is 266 g/mol. The molecule has 0 radical (unpaired) electrons. The van der Waals surface area contributed by atoms with E-state index in [4.69, 9.17) is 5.11 Å². The lowest BCUT2D eigenvalue weighted by molar-refractivity contribution is -0.137. The average Bonchev–Trinajstić information content (AvgIpc) is 3.20. The normalized spacial score (nSPS) is 27.2. The number of nitrogens with one attached hydrogen (secondary N) is 1. The molecule has 4 atom stereocenters. The Hall–Kier alpha value is -1.84. The minimum Gasteiger partial charge on any atom is -0.481 e. The summed E-state index contributed by atoms with van der Waals surface area (Å²) >= 11 is 0. The number of carboxylic acids is 1. The summed E-state index contributed by atoms with van der Waals surface area (Å²) in [4.78, 5) is 22.9. The Morgan fingerprint density at radius 3 is 2.90 bits per heavy atom. The van der Waals surface area contributed by atoms with E-state index in [0.717, 1.165) is 12.8 Å². The molecule has 3 rings (SSSR count). The summed E-state index contributed by atoms with van der Waals surface area (Å²) in [6.45, 7) is 1.88. The molecule has 0 saturated heterocycles. The number of carbonyl (C=O) groups excluding carboxylic acids is 1. The van der Waals surface area contributed by atoms with Crippen LogP contribution in [-0.2, 0) is 16.0 Å². The fraction of sp³-hybridized carbons (Fsp3) is 0.529. The van der Waals surface area contributed by atoms with Gasteiger partial charge in [0.05, 0.1) is 0 Å². The van der Waals surface area contributed by atoms with Crippen LogP contribution in [0.5, 0.6) is 0 Å². The van der Waals surface area contributed by atoms with Crippen LogP contribution in [0.3, 0.4) is 0 Å². The van der Waals surface area contributed by atoms with Crippen LogP contribution in [0.2, 0.25) is 0 Å². The summed E-state index contributed by atoms with van der Waals surface area (Å²) in [5.41, 5.74) is 2.72. The highest BCUT2D eigenvalue weighted by Gasteiger charge is 2.56. The van der Waals surface area contributed by atoms with Crippen LogP contribution in [0.25, 0.3) is 0 Å².